The Morgan fingerprint density at radius 3 is 2.00 bits per heavy atom. The lowest BCUT2D eigenvalue weighted by atomic mass is 10.0. The van der Waals surface area contributed by atoms with Crippen molar-refractivity contribution in [2.45, 2.75) is 48.2 Å². The fourth-order valence-corrected chi connectivity index (χ4v) is 7.32. The van der Waals surface area contributed by atoms with E-state index in [2.05, 4.69) is 0 Å². The molecular formula is C31H39NO8S2. The first kappa shape index (κ1) is 31.7. The molecule has 42 heavy (non-hydrogen) atoms. The second-order valence-electron chi connectivity index (χ2n) is 9.79. The van der Waals surface area contributed by atoms with Crippen molar-refractivity contribution in [3.05, 3.63) is 59.7 Å². The average molecular weight is 618 g/mol. The number of thioether (sulfide) groups is 1. The van der Waals surface area contributed by atoms with Crippen LogP contribution < -0.4 is 29.4 Å². The molecule has 1 fully saturated rings. The van der Waals surface area contributed by atoms with E-state index in [9.17, 15) is 8.42 Å². The standard InChI is InChI=1S/C31H39NO8S2/c1-6-14-42(33,34)29-18-21(17-28(37-4)31(29)39-12-13-41-23-9-7-8-22(32)19-23)25-11-10-24(40-25)20-15-26(35-2)30(38-5)27(16-20)36-3/h7-9,15-19,24-25H,6,10-14,32H2,1-5H3. The van der Waals surface area contributed by atoms with E-state index in [-0.39, 0.29) is 35.2 Å². The SMILES string of the molecule is CCCS(=O)(=O)c1cc(C2CCC(c3cc(OC)c(OC)c(OC)c3)O2)cc(OC)c1OCCSc1cccc(N)c1. The van der Waals surface area contributed by atoms with Crippen molar-refractivity contribution >= 4 is 27.3 Å². The molecule has 4 rings (SSSR count). The number of sulfone groups is 1. The monoisotopic (exact) mass is 617 g/mol. The number of ether oxygens (including phenoxy) is 6. The van der Waals surface area contributed by atoms with Crippen LogP contribution in [0.25, 0.3) is 0 Å². The summed E-state index contributed by atoms with van der Waals surface area (Å²) in [5.41, 5.74) is 8.17. The first-order valence-electron chi connectivity index (χ1n) is 13.8. The maximum absolute atomic E-state index is 13.4. The third kappa shape index (κ3) is 7.19. The Morgan fingerprint density at radius 1 is 0.857 bits per heavy atom. The van der Waals surface area contributed by atoms with Crippen molar-refractivity contribution < 1.29 is 36.8 Å². The number of nitrogen functional groups attached to an aromatic ring is 1. The molecule has 1 heterocycles. The smallest absolute Gasteiger partial charge is 0.203 e. The zero-order valence-corrected chi connectivity index (χ0v) is 26.3. The van der Waals surface area contributed by atoms with E-state index in [1.54, 1.807) is 39.2 Å². The maximum Gasteiger partial charge on any atom is 0.203 e. The third-order valence-electron chi connectivity index (χ3n) is 6.98. The van der Waals surface area contributed by atoms with E-state index < -0.39 is 9.84 Å². The molecule has 2 atom stereocenters. The lowest BCUT2D eigenvalue weighted by Crippen LogP contribution is -2.12. The Bertz CT molecular complexity index is 1450. The van der Waals surface area contributed by atoms with Crippen LogP contribution in [0.4, 0.5) is 5.69 Å². The van der Waals surface area contributed by atoms with Gasteiger partial charge < -0.3 is 34.2 Å². The van der Waals surface area contributed by atoms with Gasteiger partial charge in [-0.3, -0.25) is 0 Å². The van der Waals surface area contributed by atoms with Crippen LogP contribution in [-0.4, -0.2) is 55.0 Å². The van der Waals surface area contributed by atoms with Gasteiger partial charge >= 0.3 is 0 Å². The quantitative estimate of drug-likeness (QED) is 0.126. The molecule has 3 aromatic rings. The Labute approximate surface area is 252 Å². The molecule has 1 aliphatic heterocycles. The summed E-state index contributed by atoms with van der Waals surface area (Å²) < 4.78 is 61.6. The van der Waals surface area contributed by atoms with Gasteiger partial charge in [0.1, 0.15) is 4.90 Å². The van der Waals surface area contributed by atoms with E-state index in [0.29, 0.717) is 47.3 Å². The molecule has 228 valence electrons. The molecule has 2 N–H and O–H groups in total. The van der Waals surface area contributed by atoms with E-state index in [1.165, 1.54) is 7.11 Å². The molecule has 0 radical (unpaired) electrons. The zero-order valence-electron chi connectivity index (χ0n) is 24.7. The summed E-state index contributed by atoms with van der Waals surface area (Å²) in [7, 11) is 2.58. The van der Waals surface area contributed by atoms with Gasteiger partial charge in [-0.1, -0.05) is 13.0 Å². The highest BCUT2D eigenvalue weighted by Crippen LogP contribution is 2.48. The summed E-state index contributed by atoms with van der Waals surface area (Å²) in [6.07, 6.45) is 1.30. The van der Waals surface area contributed by atoms with Crippen molar-refractivity contribution in [3.8, 4) is 28.7 Å². The maximum atomic E-state index is 13.4. The Kier molecular flexibility index (Phi) is 10.7. The zero-order chi connectivity index (χ0) is 30.3. The number of hydrogen-bond donors (Lipinski definition) is 1. The lowest BCUT2D eigenvalue weighted by molar-refractivity contribution is 0.0435. The highest BCUT2D eigenvalue weighted by atomic mass is 32.2. The van der Waals surface area contributed by atoms with Gasteiger partial charge in [-0.05, 0) is 72.9 Å². The van der Waals surface area contributed by atoms with Gasteiger partial charge in [0.15, 0.2) is 32.8 Å². The molecule has 0 bridgehead atoms. The summed E-state index contributed by atoms with van der Waals surface area (Å²) in [5.74, 6) is 2.78. The van der Waals surface area contributed by atoms with Crippen molar-refractivity contribution in [1.29, 1.82) is 0 Å². The van der Waals surface area contributed by atoms with Crippen LogP contribution in [0.15, 0.2) is 58.3 Å². The minimum Gasteiger partial charge on any atom is -0.493 e. The number of hydrogen-bond acceptors (Lipinski definition) is 10. The highest BCUT2D eigenvalue weighted by Gasteiger charge is 2.32. The molecule has 0 saturated carbocycles. The average Bonchev–Trinajstić information content (AvgIpc) is 3.48. The summed E-state index contributed by atoms with van der Waals surface area (Å²) in [4.78, 5) is 1.13. The largest absolute Gasteiger partial charge is 0.493 e. The van der Waals surface area contributed by atoms with Gasteiger partial charge in [-0.25, -0.2) is 8.42 Å². The lowest BCUT2D eigenvalue weighted by Gasteiger charge is -2.21. The number of benzene rings is 3. The fraction of sp³-hybridized carbons (Fsp3) is 0.419. The number of nitrogens with two attached hydrogens (primary N) is 1. The van der Waals surface area contributed by atoms with Crippen molar-refractivity contribution in [2.24, 2.45) is 0 Å². The predicted molar refractivity (Wildman–Crippen MR) is 164 cm³/mol. The van der Waals surface area contributed by atoms with E-state index >= 15 is 0 Å². The molecule has 1 saturated heterocycles. The Morgan fingerprint density at radius 2 is 1.45 bits per heavy atom. The molecule has 0 amide bonds. The summed E-state index contributed by atoms with van der Waals surface area (Å²) in [6.45, 7) is 2.12. The second-order valence-corrected chi connectivity index (χ2v) is 13.0. The van der Waals surface area contributed by atoms with Crippen LogP contribution >= 0.6 is 11.8 Å². The van der Waals surface area contributed by atoms with E-state index in [4.69, 9.17) is 34.2 Å². The van der Waals surface area contributed by atoms with Crippen molar-refractivity contribution in [3.63, 3.8) is 0 Å². The van der Waals surface area contributed by atoms with Crippen molar-refractivity contribution in [2.75, 3.05) is 52.3 Å². The number of methoxy groups -OCH3 is 4. The molecule has 0 aromatic heterocycles. The van der Waals surface area contributed by atoms with Gasteiger partial charge in [-0.15, -0.1) is 11.8 Å². The fourth-order valence-electron chi connectivity index (χ4n) is 5.01. The van der Waals surface area contributed by atoms with E-state index in [0.717, 1.165) is 22.4 Å². The van der Waals surface area contributed by atoms with Crippen molar-refractivity contribution in [1.82, 2.24) is 0 Å². The summed E-state index contributed by atoms with van der Waals surface area (Å²) in [6, 6.07) is 14.8. The molecule has 11 heteroatoms. The first-order chi connectivity index (χ1) is 20.2. The Balaban J connectivity index is 1.59. The molecule has 3 aromatic carbocycles. The topological polar surface area (TPSA) is 116 Å². The first-order valence-corrected chi connectivity index (χ1v) is 16.4. The van der Waals surface area contributed by atoms with Gasteiger partial charge in [0, 0.05) is 16.3 Å². The molecular weight excluding hydrogens is 578 g/mol. The summed E-state index contributed by atoms with van der Waals surface area (Å²) >= 11 is 1.58. The molecule has 0 spiro atoms. The number of rotatable bonds is 14. The molecule has 2 unspecified atom stereocenters. The van der Waals surface area contributed by atoms with Gasteiger partial charge in [0.25, 0.3) is 0 Å². The second kappa shape index (κ2) is 14.3. The van der Waals surface area contributed by atoms with Crippen LogP contribution in [0.3, 0.4) is 0 Å². The minimum atomic E-state index is -3.64. The van der Waals surface area contributed by atoms with Gasteiger partial charge in [0.05, 0.1) is 53.0 Å². The molecule has 9 nitrogen and oxygen atoms in total. The van der Waals surface area contributed by atoms with Gasteiger partial charge in [0.2, 0.25) is 5.75 Å². The minimum absolute atomic E-state index is 0.00635. The summed E-state index contributed by atoms with van der Waals surface area (Å²) in [5, 5.41) is 0. The van der Waals surface area contributed by atoms with Crippen LogP contribution in [0, 0.1) is 0 Å². The van der Waals surface area contributed by atoms with Crippen LogP contribution in [-0.2, 0) is 14.6 Å². The van der Waals surface area contributed by atoms with Crippen LogP contribution in [0.1, 0.15) is 49.5 Å². The van der Waals surface area contributed by atoms with Crippen LogP contribution in [0.2, 0.25) is 0 Å². The third-order valence-corrected chi connectivity index (χ3v) is 9.85. The molecule has 0 aliphatic carbocycles. The van der Waals surface area contributed by atoms with E-state index in [1.807, 2.05) is 49.4 Å². The van der Waals surface area contributed by atoms with Crippen LogP contribution in [0.5, 0.6) is 28.7 Å². The predicted octanol–water partition coefficient (Wildman–Crippen LogP) is 6.25. The Hall–Kier alpha value is -3.28. The van der Waals surface area contributed by atoms with Gasteiger partial charge in [-0.2, -0.15) is 0 Å². The molecule has 1 aliphatic rings. The highest BCUT2D eigenvalue weighted by molar-refractivity contribution is 7.99. The number of anilines is 1. The normalized spacial score (nSPS) is 16.7.